The number of non-ortho nitro benzene ring substituents is 1. The number of carbonyl (C=O) groups is 2. The Morgan fingerprint density at radius 3 is 2.43 bits per heavy atom. The van der Waals surface area contributed by atoms with Gasteiger partial charge in [-0.25, -0.2) is 4.39 Å². The second-order valence-electron chi connectivity index (χ2n) is 12.8. The predicted octanol–water partition coefficient (Wildman–Crippen LogP) is 8.12. The molecule has 0 spiro atoms. The Bertz CT molecular complexity index is 1630. The number of hydrogen-bond acceptors (Lipinski definition) is 6. The summed E-state index contributed by atoms with van der Waals surface area (Å²) in [7, 11) is 0. The molecule has 1 saturated carbocycles. The molecule has 5 rings (SSSR count). The molecule has 2 aliphatic rings. The molecule has 2 fully saturated rings. The first-order chi connectivity index (χ1) is 23.4. The van der Waals surface area contributed by atoms with Gasteiger partial charge in [0.05, 0.1) is 10.6 Å². The van der Waals surface area contributed by atoms with Crippen molar-refractivity contribution in [2.45, 2.75) is 61.8 Å². The number of nitrogens with zero attached hydrogens (tertiary/aromatic N) is 4. The molecule has 0 aromatic heterocycles. The maximum absolute atomic E-state index is 14.1. The van der Waals surface area contributed by atoms with Crippen LogP contribution in [0.1, 0.15) is 60.0 Å². The van der Waals surface area contributed by atoms with Crippen molar-refractivity contribution >= 4 is 58.0 Å². The van der Waals surface area contributed by atoms with Gasteiger partial charge in [0.2, 0.25) is 0 Å². The third-order valence-corrected chi connectivity index (χ3v) is 9.85. The summed E-state index contributed by atoms with van der Waals surface area (Å²) in [6.45, 7) is 5.75. The number of carbonyl (C=O) groups excluding carboxylic acids is 2. The van der Waals surface area contributed by atoms with Crippen molar-refractivity contribution in [1.82, 2.24) is 9.80 Å². The number of rotatable bonds is 12. The highest BCUT2D eigenvalue weighted by Gasteiger charge is 2.40. The number of halogens is 4. The Morgan fingerprint density at radius 2 is 1.73 bits per heavy atom. The Labute approximate surface area is 301 Å². The van der Waals surface area contributed by atoms with Crippen LogP contribution in [-0.4, -0.2) is 69.2 Å². The molecule has 3 aromatic rings. The molecule has 1 heterocycles. The van der Waals surface area contributed by atoms with E-state index >= 15 is 0 Å². The minimum Gasteiger partial charge on any atom is -0.492 e. The molecule has 0 bridgehead atoms. The summed E-state index contributed by atoms with van der Waals surface area (Å²) in [5.41, 5.74) is 2.26. The maximum Gasteiger partial charge on any atom is 0.275 e. The smallest absolute Gasteiger partial charge is 0.275 e. The summed E-state index contributed by atoms with van der Waals surface area (Å²) in [5.74, 6) is -0.816. The number of likely N-dealkylation sites (tertiary alicyclic amines) is 1. The number of anilines is 1. The predicted molar refractivity (Wildman–Crippen MR) is 190 cm³/mol. The van der Waals surface area contributed by atoms with E-state index in [4.69, 9.17) is 39.5 Å². The molecule has 2 amide bonds. The minimum atomic E-state index is -2.23. The first kappa shape index (κ1) is 36.8. The second kappa shape index (κ2) is 16.5. The third kappa shape index (κ3) is 9.63. The van der Waals surface area contributed by atoms with E-state index in [9.17, 15) is 24.1 Å². The third-order valence-electron chi connectivity index (χ3n) is 9.36. The summed E-state index contributed by atoms with van der Waals surface area (Å²) < 4.78 is 17.8. The normalized spacial score (nSPS) is 18.2. The molecule has 13 heteroatoms. The zero-order chi connectivity index (χ0) is 35.1. The van der Waals surface area contributed by atoms with Crippen LogP contribution in [-0.2, 0) is 11.3 Å². The SMILES string of the molecule is Cc1c(OCCN2CCCC2)cccc1N(C[C@H]1CCC[C@@H](N(Cc2cccc([N+](=O)[O-])c2)C(=O)C(Cl)(Cl)Cl)C1)C(=O)c1ccc(F)cc1. The molecule has 0 N–H and O–H groups in total. The molecular weight excluding hydrogens is 694 g/mol. The van der Waals surface area contributed by atoms with E-state index in [1.807, 2.05) is 25.1 Å². The summed E-state index contributed by atoms with van der Waals surface area (Å²) in [4.78, 5) is 44.1. The largest absolute Gasteiger partial charge is 0.492 e. The molecule has 9 nitrogen and oxygen atoms in total. The van der Waals surface area contributed by atoms with Crippen molar-refractivity contribution < 1.29 is 23.6 Å². The molecule has 49 heavy (non-hydrogen) atoms. The second-order valence-corrected chi connectivity index (χ2v) is 15.0. The molecular formula is C36H40Cl3FN4O5. The van der Waals surface area contributed by atoms with Gasteiger partial charge in [-0.1, -0.05) is 59.4 Å². The molecule has 1 saturated heterocycles. The fourth-order valence-corrected chi connectivity index (χ4v) is 7.17. The van der Waals surface area contributed by atoms with E-state index < -0.39 is 20.4 Å². The van der Waals surface area contributed by atoms with E-state index in [-0.39, 0.29) is 30.1 Å². The number of nitro groups is 1. The number of ether oxygens (including phenoxy) is 1. The van der Waals surface area contributed by atoms with Crippen LogP contribution >= 0.6 is 34.8 Å². The highest BCUT2D eigenvalue weighted by Crippen LogP contribution is 2.37. The van der Waals surface area contributed by atoms with Crippen LogP contribution < -0.4 is 9.64 Å². The van der Waals surface area contributed by atoms with Gasteiger partial charge in [-0.05, 0) is 100.0 Å². The maximum atomic E-state index is 14.1. The van der Waals surface area contributed by atoms with Gasteiger partial charge in [0, 0.05) is 48.9 Å². The summed E-state index contributed by atoms with van der Waals surface area (Å²) in [6, 6.07) is 16.8. The summed E-state index contributed by atoms with van der Waals surface area (Å²) in [5, 5.41) is 11.4. The average molecular weight is 734 g/mol. The van der Waals surface area contributed by atoms with Crippen molar-refractivity contribution in [3.8, 4) is 5.75 Å². The van der Waals surface area contributed by atoms with Gasteiger partial charge < -0.3 is 14.5 Å². The first-order valence-electron chi connectivity index (χ1n) is 16.5. The van der Waals surface area contributed by atoms with Crippen LogP contribution in [0.3, 0.4) is 0 Å². The van der Waals surface area contributed by atoms with Crippen molar-refractivity contribution in [2.24, 2.45) is 5.92 Å². The summed E-state index contributed by atoms with van der Waals surface area (Å²) in [6.07, 6.45) is 5.04. The zero-order valence-corrected chi connectivity index (χ0v) is 29.6. The average Bonchev–Trinajstić information content (AvgIpc) is 3.60. The Kier molecular flexibility index (Phi) is 12.4. The number of alkyl halides is 3. The Balaban J connectivity index is 1.40. The zero-order valence-electron chi connectivity index (χ0n) is 27.3. The Morgan fingerprint density at radius 1 is 1.02 bits per heavy atom. The van der Waals surface area contributed by atoms with Crippen molar-refractivity contribution in [3.63, 3.8) is 0 Å². The summed E-state index contributed by atoms with van der Waals surface area (Å²) >= 11 is 18.3. The topological polar surface area (TPSA) is 96.2 Å². The van der Waals surface area contributed by atoms with E-state index in [1.165, 1.54) is 54.1 Å². The lowest BCUT2D eigenvalue weighted by Crippen LogP contribution is -2.48. The molecule has 0 radical (unpaired) electrons. The van der Waals surface area contributed by atoms with Crippen molar-refractivity contribution in [3.05, 3.63) is 99.4 Å². The van der Waals surface area contributed by atoms with Crippen LogP contribution in [0.15, 0.2) is 66.7 Å². The number of nitro benzene ring substituents is 1. The van der Waals surface area contributed by atoms with E-state index in [1.54, 1.807) is 17.0 Å². The van der Waals surface area contributed by atoms with Gasteiger partial charge in [0.25, 0.3) is 21.3 Å². The number of benzene rings is 3. The molecule has 1 aliphatic carbocycles. The monoisotopic (exact) mass is 732 g/mol. The van der Waals surface area contributed by atoms with E-state index in [0.29, 0.717) is 48.6 Å². The van der Waals surface area contributed by atoms with Crippen LogP contribution in [0, 0.1) is 28.8 Å². The highest BCUT2D eigenvalue weighted by atomic mass is 35.6. The standard InChI is InChI=1S/C36H40Cl3FN4O5/c1-25-32(11-6-12-33(25)49-20-19-41-17-2-3-18-41)43(34(45)28-13-15-29(40)16-14-28)24-26-7-4-9-30(21-26)42(35(46)36(37,38)39)23-27-8-5-10-31(22-27)44(47)48/h5-6,8,10-16,22,26,30H,2-4,7,9,17-21,23-24H2,1H3/t26-,30+/m0/s1. The fourth-order valence-electron chi connectivity index (χ4n) is 6.85. The fraction of sp³-hybridized carbons (Fsp3) is 0.444. The van der Waals surface area contributed by atoms with Crippen LogP contribution in [0.5, 0.6) is 5.75 Å². The lowest BCUT2D eigenvalue weighted by Gasteiger charge is -2.40. The molecule has 262 valence electrons. The van der Waals surface area contributed by atoms with Crippen molar-refractivity contribution in [2.75, 3.05) is 37.7 Å². The highest BCUT2D eigenvalue weighted by molar-refractivity contribution is 6.76. The molecule has 1 aliphatic heterocycles. The number of hydrogen-bond donors (Lipinski definition) is 0. The number of amides is 2. The van der Waals surface area contributed by atoms with Crippen LogP contribution in [0.25, 0.3) is 0 Å². The van der Waals surface area contributed by atoms with Gasteiger partial charge in [-0.3, -0.25) is 24.6 Å². The van der Waals surface area contributed by atoms with Crippen LogP contribution in [0.2, 0.25) is 0 Å². The Hall–Kier alpha value is -3.44. The quantitative estimate of drug-likeness (QED) is 0.106. The molecule has 3 aromatic carbocycles. The van der Waals surface area contributed by atoms with E-state index in [2.05, 4.69) is 4.90 Å². The lowest BCUT2D eigenvalue weighted by atomic mass is 9.84. The molecule has 0 unspecified atom stereocenters. The van der Waals surface area contributed by atoms with Gasteiger partial charge in [-0.2, -0.15) is 0 Å². The van der Waals surface area contributed by atoms with Gasteiger partial charge in [-0.15, -0.1) is 0 Å². The minimum absolute atomic E-state index is 0.0138. The van der Waals surface area contributed by atoms with Gasteiger partial charge >= 0.3 is 0 Å². The van der Waals surface area contributed by atoms with Crippen LogP contribution in [0.4, 0.5) is 15.8 Å². The first-order valence-corrected chi connectivity index (χ1v) is 17.7. The van der Waals surface area contributed by atoms with Gasteiger partial charge in [0.15, 0.2) is 0 Å². The van der Waals surface area contributed by atoms with Crippen molar-refractivity contribution in [1.29, 1.82) is 0 Å². The molecule has 2 atom stereocenters. The van der Waals surface area contributed by atoms with E-state index in [0.717, 1.165) is 38.0 Å². The lowest BCUT2D eigenvalue weighted by molar-refractivity contribution is -0.384. The van der Waals surface area contributed by atoms with Gasteiger partial charge in [0.1, 0.15) is 18.2 Å².